The van der Waals surface area contributed by atoms with E-state index in [2.05, 4.69) is 21.4 Å². The summed E-state index contributed by atoms with van der Waals surface area (Å²) in [5.74, 6) is 0.802. The van der Waals surface area contributed by atoms with Crippen LogP contribution in [0.1, 0.15) is 51.8 Å². The Morgan fingerprint density at radius 1 is 1.45 bits per heavy atom. The smallest absolute Gasteiger partial charge is 0.240 e. The number of rotatable bonds is 9. The van der Waals surface area contributed by atoms with Gasteiger partial charge in [0.2, 0.25) is 5.91 Å². The second-order valence-corrected chi connectivity index (χ2v) is 5.09. The molecule has 0 aliphatic rings. The number of imidazole rings is 1. The fraction of sp³-hybridized carbons (Fsp3) is 0.667. The van der Waals surface area contributed by atoms with Crippen molar-refractivity contribution in [2.75, 3.05) is 6.54 Å². The fourth-order valence-corrected chi connectivity index (χ4v) is 2.43. The van der Waals surface area contributed by atoms with Gasteiger partial charge in [0.15, 0.2) is 0 Å². The maximum atomic E-state index is 12.3. The molecule has 0 saturated carbocycles. The summed E-state index contributed by atoms with van der Waals surface area (Å²) in [5.41, 5.74) is -0.853. The molecule has 20 heavy (non-hydrogen) atoms. The van der Waals surface area contributed by atoms with E-state index >= 15 is 0 Å². The first-order valence-corrected chi connectivity index (χ1v) is 7.36. The van der Waals surface area contributed by atoms with Gasteiger partial charge >= 0.3 is 0 Å². The molecule has 1 amide bonds. The van der Waals surface area contributed by atoms with Gasteiger partial charge in [0.1, 0.15) is 11.2 Å². The van der Waals surface area contributed by atoms with Crippen molar-refractivity contribution in [1.29, 1.82) is 5.26 Å². The number of H-pyrrole nitrogens is 1. The monoisotopic (exact) mass is 276 g/mol. The average molecular weight is 276 g/mol. The molecule has 0 unspecified atom stereocenters. The summed E-state index contributed by atoms with van der Waals surface area (Å²) < 4.78 is 0. The highest BCUT2D eigenvalue weighted by Crippen LogP contribution is 2.29. The largest absolute Gasteiger partial charge is 0.355 e. The first-order valence-electron chi connectivity index (χ1n) is 7.36. The van der Waals surface area contributed by atoms with Crippen LogP contribution in [-0.4, -0.2) is 22.4 Å². The number of hydrogen-bond donors (Lipinski definition) is 2. The Morgan fingerprint density at radius 3 is 2.65 bits per heavy atom. The number of nitrogens with one attached hydrogen (secondary N) is 2. The lowest BCUT2D eigenvalue weighted by Crippen LogP contribution is -2.40. The maximum Gasteiger partial charge on any atom is 0.240 e. The molecule has 0 aliphatic carbocycles. The molecular formula is C15H24N4O. The van der Waals surface area contributed by atoms with Crippen molar-refractivity contribution in [3.8, 4) is 6.07 Å². The summed E-state index contributed by atoms with van der Waals surface area (Å²) in [6.07, 6.45) is 8.06. The van der Waals surface area contributed by atoms with Crippen molar-refractivity contribution in [1.82, 2.24) is 15.3 Å². The lowest BCUT2D eigenvalue weighted by Gasteiger charge is -2.24. The molecule has 1 aromatic heterocycles. The molecule has 0 spiro atoms. The zero-order valence-corrected chi connectivity index (χ0v) is 12.4. The number of aromatic amines is 1. The molecule has 0 saturated heterocycles. The molecule has 0 radical (unpaired) electrons. The Morgan fingerprint density at radius 2 is 2.15 bits per heavy atom. The molecule has 110 valence electrons. The van der Waals surface area contributed by atoms with Crippen LogP contribution in [0.25, 0.3) is 0 Å². The van der Waals surface area contributed by atoms with Crippen molar-refractivity contribution >= 4 is 5.91 Å². The van der Waals surface area contributed by atoms with Crippen LogP contribution in [0.2, 0.25) is 0 Å². The third-order valence-electron chi connectivity index (χ3n) is 3.43. The highest BCUT2D eigenvalue weighted by Gasteiger charge is 2.36. The van der Waals surface area contributed by atoms with Crippen molar-refractivity contribution in [3.63, 3.8) is 0 Å². The normalized spacial score (nSPS) is 11.1. The SMILES string of the molecule is CCCC(C#N)(CCC)C(=O)NCCCc1ncc[nH]1. The molecule has 5 nitrogen and oxygen atoms in total. The standard InChI is InChI=1S/C15H24N4O/c1-3-7-15(12-16,8-4-2)14(20)19-9-5-6-13-17-10-11-18-13/h10-11H,3-9H2,1-2H3,(H,17,18)(H,19,20). The van der Waals surface area contributed by atoms with Crippen LogP contribution in [0.3, 0.4) is 0 Å². The molecule has 0 aliphatic heterocycles. The predicted molar refractivity (Wildman–Crippen MR) is 77.8 cm³/mol. The zero-order valence-electron chi connectivity index (χ0n) is 12.4. The quantitative estimate of drug-likeness (QED) is 0.680. The highest BCUT2D eigenvalue weighted by molar-refractivity contribution is 5.85. The molecule has 5 heteroatoms. The second-order valence-electron chi connectivity index (χ2n) is 5.09. The van der Waals surface area contributed by atoms with Gasteiger partial charge in [0.05, 0.1) is 6.07 Å². The Bertz CT molecular complexity index is 427. The van der Waals surface area contributed by atoms with E-state index in [1.165, 1.54) is 0 Å². The van der Waals surface area contributed by atoms with Crippen molar-refractivity contribution in [2.24, 2.45) is 5.41 Å². The topological polar surface area (TPSA) is 81.6 Å². The Hall–Kier alpha value is -1.83. The van der Waals surface area contributed by atoms with E-state index in [1.54, 1.807) is 12.4 Å². The lowest BCUT2D eigenvalue weighted by molar-refractivity contribution is -0.128. The van der Waals surface area contributed by atoms with Gasteiger partial charge in [0, 0.05) is 25.4 Å². The van der Waals surface area contributed by atoms with Gasteiger partial charge in [-0.05, 0) is 19.3 Å². The zero-order chi connectivity index (χ0) is 14.8. The van der Waals surface area contributed by atoms with Crippen LogP contribution in [0.15, 0.2) is 12.4 Å². The van der Waals surface area contributed by atoms with E-state index in [1.807, 2.05) is 13.8 Å². The van der Waals surface area contributed by atoms with E-state index < -0.39 is 5.41 Å². The van der Waals surface area contributed by atoms with E-state index in [9.17, 15) is 10.1 Å². The number of carbonyl (C=O) groups is 1. The number of nitrogens with zero attached hydrogens (tertiary/aromatic N) is 2. The highest BCUT2D eigenvalue weighted by atomic mass is 16.2. The molecule has 0 bridgehead atoms. The summed E-state index contributed by atoms with van der Waals surface area (Å²) in [4.78, 5) is 19.4. The number of nitriles is 1. The molecule has 1 aromatic rings. The third-order valence-corrected chi connectivity index (χ3v) is 3.43. The predicted octanol–water partition coefficient (Wildman–Crippen LogP) is 2.57. The second kappa shape index (κ2) is 8.36. The minimum atomic E-state index is -0.853. The van der Waals surface area contributed by atoms with E-state index in [0.29, 0.717) is 19.4 Å². The fourth-order valence-electron chi connectivity index (χ4n) is 2.43. The van der Waals surface area contributed by atoms with Crippen LogP contribution in [0.4, 0.5) is 0 Å². The maximum absolute atomic E-state index is 12.3. The summed E-state index contributed by atoms with van der Waals surface area (Å²) in [5, 5.41) is 12.3. The molecule has 2 N–H and O–H groups in total. The van der Waals surface area contributed by atoms with Crippen LogP contribution in [-0.2, 0) is 11.2 Å². The van der Waals surface area contributed by atoms with Gasteiger partial charge in [-0.3, -0.25) is 4.79 Å². The van der Waals surface area contributed by atoms with Gasteiger partial charge < -0.3 is 10.3 Å². The lowest BCUT2D eigenvalue weighted by atomic mass is 9.80. The number of amides is 1. The molecule has 1 heterocycles. The number of aryl methyl sites for hydroxylation is 1. The summed E-state index contributed by atoms with van der Waals surface area (Å²) in [6.45, 7) is 4.59. The van der Waals surface area contributed by atoms with Crippen molar-refractivity contribution < 1.29 is 4.79 Å². The molecular weight excluding hydrogens is 252 g/mol. The van der Waals surface area contributed by atoms with Gasteiger partial charge in [-0.1, -0.05) is 26.7 Å². The first kappa shape index (κ1) is 16.2. The van der Waals surface area contributed by atoms with Gasteiger partial charge in [0.25, 0.3) is 0 Å². The first-order chi connectivity index (χ1) is 9.68. The Balaban J connectivity index is 2.43. The third kappa shape index (κ3) is 4.37. The Labute approximate surface area is 120 Å². The van der Waals surface area contributed by atoms with Crippen LogP contribution < -0.4 is 5.32 Å². The minimum Gasteiger partial charge on any atom is -0.355 e. The molecule has 0 fully saturated rings. The van der Waals surface area contributed by atoms with Crippen molar-refractivity contribution in [2.45, 2.75) is 52.4 Å². The van der Waals surface area contributed by atoms with Crippen LogP contribution >= 0.6 is 0 Å². The Kier molecular flexibility index (Phi) is 6.78. The van der Waals surface area contributed by atoms with Crippen LogP contribution in [0.5, 0.6) is 0 Å². The number of carbonyl (C=O) groups excluding carboxylic acids is 1. The van der Waals surface area contributed by atoms with Crippen LogP contribution in [0, 0.1) is 16.7 Å². The summed E-state index contributed by atoms with van der Waals surface area (Å²) in [7, 11) is 0. The average Bonchev–Trinajstić information content (AvgIpc) is 2.96. The van der Waals surface area contributed by atoms with E-state index in [0.717, 1.165) is 31.5 Å². The minimum absolute atomic E-state index is 0.122. The van der Waals surface area contributed by atoms with E-state index in [-0.39, 0.29) is 5.91 Å². The number of aromatic nitrogens is 2. The molecule has 0 aromatic carbocycles. The van der Waals surface area contributed by atoms with Gasteiger partial charge in [-0.25, -0.2) is 4.98 Å². The van der Waals surface area contributed by atoms with Gasteiger partial charge in [-0.2, -0.15) is 5.26 Å². The van der Waals surface area contributed by atoms with Crippen molar-refractivity contribution in [3.05, 3.63) is 18.2 Å². The number of hydrogen-bond acceptors (Lipinski definition) is 3. The molecule has 0 atom stereocenters. The van der Waals surface area contributed by atoms with E-state index in [4.69, 9.17) is 0 Å². The summed E-state index contributed by atoms with van der Waals surface area (Å²) >= 11 is 0. The summed E-state index contributed by atoms with van der Waals surface area (Å²) in [6, 6.07) is 2.24. The van der Waals surface area contributed by atoms with Gasteiger partial charge in [-0.15, -0.1) is 0 Å². The molecule has 1 rings (SSSR count).